The van der Waals surface area contributed by atoms with Gasteiger partial charge in [0.05, 0.1) is 11.7 Å². The lowest BCUT2D eigenvalue weighted by molar-refractivity contribution is 0.0613. The third-order valence-electron chi connectivity index (χ3n) is 8.34. The Morgan fingerprint density at radius 1 is 1.24 bits per heavy atom. The summed E-state index contributed by atoms with van der Waals surface area (Å²) in [5.74, 6) is 2.21. The molecule has 0 aromatic carbocycles. The molecule has 0 aromatic rings. The van der Waals surface area contributed by atoms with E-state index in [4.69, 9.17) is 0 Å². The summed E-state index contributed by atoms with van der Waals surface area (Å²) in [7, 11) is 0. The van der Waals surface area contributed by atoms with Crippen molar-refractivity contribution in [2.75, 3.05) is 0 Å². The fourth-order valence-electron chi connectivity index (χ4n) is 6.52. The number of fused-ring (bicyclic) bond motifs is 1. The van der Waals surface area contributed by atoms with E-state index in [9.17, 15) is 10.2 Å². The van der Waals surface area contributed by atoms with E-state index in [0.717, 1.165) is 43.9 Å². The zero-order valence-electron chi connectivity index (χ0n) is 19.5. The maximum Gasteiger partial charge on any atom is 0.0591 e. The van der Waals surface area contributed by atoms with Crippen LogP contribution in [0.5, 0.6) is 0 Å². The molecule has 0 saturated heterocycles. The molecule has 3 aliphatic rings. The van der Waals surface area contributed by atoms with Crippen LogP contribution in [0.2, 0.25) is 0 Å². The Morgan fingerprint density at radius 2 is 2.00 bits per heavy atom. The number of rotatable bonds is 7. The minimum Gasteiger partial charge on any atom is -0.393 e. The predicted octanol–water partition coefficient (Wildman–Crippen LogP) is 6.73. The van der Waals surface area contributed by atoms with Gasteiger partial charge in [-0.05, 0) is 106 Å². The molecule has 3 rings (SSSR count). The van der Waals surface area contributed by atoms with Crippen molar-refractivity contribution in [2.45, 2.75) is 111 Å². The Labute approximate surface area is 179 Å². The fraction of sp³-hybridized carbons (Fsp3) is 0.778. The van der Waals surface area contributed by atoms with Crippen LogP contribution in [0, 0.1) is 23.2 Å². The molecule has 0 amide bonds. The molecular weight excluding hydrogens is 356 g/mol. The first-order valence-electron chi connectivity index (χ1n) is 12.1. The predicted molar refractivity (Wildman–Crippen MR) is 123 cm³/mol. The van der Waals surface area contributed by atoms with Gasteiger partial charge in [-0.2, -0.15) is 0 Å². The van der Waals surface area contributed by atoms with Crippen molar-refractivity contribution in [1.82, 2.24) is 0 Å². The van der Waals surface area contributed by atoms with Gasteiger partial charge in [-0.3, -0.25) is 0 Å². The lowest BCUT2D eigenvalue weighted by Gasteiger charge is -2.43. The highest BCUT2D eigenvalue weighted by Gasteiger charge is 2.49. The van der Waals surface area contributed by atoms with E-state index in [1.54, 1.807) is 5.57 Å². The lowest BCUT2D eigenvalue weighted by atomic mass is 9.62. The van der Waals surface area contributed by atoms with E-state index in [1.807, 2.05) is 13.8 Å². The van der Waals surface area contributed by atoms with E-state index < -0.39 is 5.60 Å². The second kappa shape index (κ2) is 9.10. The van der Waals surface area contributed by atoms with Crippen molar-refractivity contribution in [3.05, 3.63) is 34.9 Å². The van der Waals surface area contributed by atoms with E-state index in [2.05, 4.69) is 39.0 Å². The molecule has 2 nitrogen and oxygen atoms in total. The third kappa shape index (κ3) is 5.44. The first kappa shape index (κ1) is 22.8. The van der Waals surface area contributed by atoms with Crippen LogP contribution in [0.15, 0.2) is 34.9 Å². The van der Waals surface area contributed by atoms with Gasteiger partial charge >= 0.3 is 0 Å². The summed E-state index contributed by atoms with van der Waals surface area (Å²) in [4.78, 5) is 0. The molecule has 0 spiro atoms. The van der Waals surface area contributed by atoms with Gasteiger partial charge < -0.3 is 10.2 Å². The second-order valence-electron chi connectivity index (χ2n) is 11.2. The van der Waals surface area contributed by atoms with Gasteiger partial charge in [0.25, 0.3) is 0 Å². The van der Waals surface area contributed by atoms with Crippen molar-refractivity contribution in [2.24, 2.45) is 23.2 Å². The quantitative estimate of drug-likeness (QED) is 0.497. The topological polar surface area (TPSA) is 40.5 Å². The number of hydrogen-bond donors (Lipinski definition) is 2. The molecule has 1 saturated carbocycles. The van der Waals surface area contributed by atoms with Crippen LogP contribution in [-0.2, 0) is 0 Å². The van der Waals surface area contributed by atoms with Crippen LogP contribution in [0.3, 0.4) is 0 Å². The molecule has 3 aliphatic carbocycles. The Morgan fingerprint density at radius 3 is 2.72 bits per heavy atom. The summed E-state index contributed by atoms with van der Waals surface area (Å²) in [6.07, 6.45) is 18.2. The van der Waals surface area contributed by atoms with Crippen LogP contribution in [-0.4, -0.2) is 21.9 Å². The smallest absolute Gasteiger partial charge is 0.0591 e. The average molecular weight is 401 g/mol. The average Bonchev–Trinajstić information content (AvgIpc) is 2.99. The molecule has 0 aliphatic heterocycles. The Balaban J connectivity index is 1.66. The van der Waals surface area contributed by atoms with Crippen LogP contribution < -0.4 is 0 Å². The number of aliphatic hydroxyl groups is 2. The van der Waals surface area contributed by atoms with Gasteiger partial charge in [0.2, 0.25) is 0 Å². The molecule has 0 aromatic heterocycles. The maximum absolute atomic E-state index is 10.0. The Kier molecular flexibility index (Phi) is 7.16. The third-order valence-corrected chi connectivity index (χ3v) is 8.34. The second-order valence-corrected chi connectivity index (χ2v) is 11.2. The molecule has 2 heteroatoms. The van der Waals surface area contributed by atoms with Gasteiger partial charge in [0, 0.05) is 0 Å². The normalized spacial score (nSPS) is 34.4. The monoisotopic (exact) mass is 400 g/mol. The molecule has 1 fully saturated rings. The fourth-order valence-corrected chi connectivity index (χ4v) is 6.52. The first-order valence-corrected chi connectivity index (χ1v) is 12.1. The minimum atomic E-state index is -0.535. The molecule has 0 unspecified atom stereocenters. The van der Waals surface area contributed by atoms with Crippen molar-refractivity contribution in [1.29, 1.82) is 0 Å². The standard InChI is InChI=1S/C27H44O2/c1-19-10-13-23(28)18-22(19)12-11-21-9-7-17-27(5)24(14-15-25(21)27)20(2)8-6-16-26(3,4)29/h9,11-12,20,23-25,28-29H,6-8,10,13-18H2,1-5H3/b12-11-/t20-,23-,24-,25+,27-/m1/s1. The van der Waals surface area contributed by atoms with Crippen LogP contribution >= 0.6 is 0 Å². The van der Waals surface area contributed by atoms with Gasteiger partial charge in [-0.15, -0.1) is 0 Å². The molecule has 0 radical (unpaired) electrons. The summed E-state index contributed by atoms with van der Waals surface area (Å²) in [5, 5.41) is 20.1. The first-order chi connectivity index (χ1) is 13.6. The van der Waals surface area contributed by atoms with E-state index in [1.165, 1.54) is 43.3 Å². The van der Waals surface area contributed by atoms with Crippen LogP contribution in [0.25, 0.3) is 0 Å². The molecule has 29 heavy (non-hydrogen) atoms. The number of allylic oxidation sites excluding steroid dienone is 5. The molecule has 2 N–H and O–H groups in total. The van der Waals surface area contributed by atoms with Gasteiger partial charge in [-0.1, -0.05) is 50.5 Å². The molecule has 5 atom stereocenters. The lowest BCUT2D eigenvalue weighted by Crippen LogP contribution is -2.35. The molecular formula is C27H44O2. The van der Waals surface area contributed by atoms with E-state index in [0.29, 0.717) is 11.3 Å². The number of aliphatic hydroxyl groups excluding tert-OH is 1. The maximum atomic E-state index is 10.0. The minimum absolute atomic E-state index is 0.162. The summed E-state index contributed by atoms with van der Waals surface area (Å²) in [6, 6.07) is 0. The Bertz CT molecular complexity index is 663. The summed E-state index contributed by atoms with van der Waals surface area (Å²) in [5.41, 5.74) is 4.23. The van der Waals surface area contributed by atoms with Crippen LogP contribution in [0.1, 0.15) is 98.8 Å². The molecule has 164 valence electrons. The highest BCUT2D eigenvalue weighted by Crippen LogP contribution is 2.58. The zero-order chi connectivity index (χ0) is 21.2. The Hall–Kier alpha value is -0.860. The summed E-state index contributed by atoms with van der Waals surface area (Å²) in [6.45, 7) is 11.1. The zero-order valence-corrected chi connectivity index (χ0v) is 19.5. The van der Waals surface area contributed by atoms with Crippen molar-refractivity contribution in [3.63, 3.8) is 0 Å². The van der Waals surface area contributed by atoms with Crippen molar-refractivity contribution < 1.29 is 10.2 Å². The van der Waals surface area contributed by atoms with Gasteiger partial charge in [0.15, 0.2) is 0 Å². The number of hydrogen-bond acceptors (Lipinski definition) is 2. The van der Waals surface area contributed by atoms with Crippen molar-refractivity contribution >= 4 is 0 Å². The van der Waals surface area contributed by atoms with Crippen LogP contribution in [0.4, 0.5) is 0 Å². The van der Waals surface area contributed by atoms with Crippen molar-refractivity contribution in [3.8, 4) is 0 Å². The SMILES string of the molecule is CC1=C(/C=C\C2=CCC[C@]3(C)[C@@H]([C@H](C)CCCC(C)(C)O)CC[C@@H]23)C[C@H](O)CC1. The highest BCUT2D eigenvalue weighted by atomic mass is 16.3. The molecule has 0 heterocycles. The largest absolute Gasteiger partial charge is 0.393 e. The van der Waals surface area contributed by atoms with Gasteiger partial charge in [0.1, 0.15) is 0 Å². The van der Waals surface area contributed by atoms with E-state index >= 15 is 0 Å². The van der Waals surface area contributed by atoms with Gasteiger partial charge in [-0.25, -0.2) is 0 Å². The summed E-state index contributed by atoms with van der Waals surface area (Å²) >= 11 is 0. The highest BCUT2D eigenvalue weighted by molar-refractivity contribution is 5.36. The summed E-state index contributed by atoms with van der Waals surface area (Å²) < 4.78 is 0. The molecule has 0 bridgehead atoms. The van der Waals surface area contributed by atoms with E-state index in [-0.39, 0.29) is 6.10 Å².